The number of unbranched alkanes of at least 4 members (excludes halogenated alkanes) is 3. The fourth-order valence-corrected chi connectivity index (χ4v) is 0.739. The first-order valence-electron chi connectivity index (χ1n) is 3.88. The van der Waals surface area contributed by atoms with Gasteiger partial charge >= 0.3 is 0 Å². The zero-order valence-corrected chi connectivity index (χ0v) is 6.58. The standard InChI is InChI=1S/C8H17O2/c1-8(10)6-4-2-3-5-7-9/h2,8-10H,3-7H2,1H3. The second-order valence-corrected chi connectivity index (χ2v) is 2.58. The first kappa shape index (κ1) is 9.92. The summed E-state index contributed by atoms with van der Waals surface area (Å²) in [7, 11) is 0. The molecular weight excluding hydrogens is 128 g/mol. The van der Waals surface area contributed by atoms with Crippen LogP contribution in [0.5, 0.6) is 0 Å². The Labute approximate surface area is 62.9 Å². The predicted molar refractivity (Wildman–Crippen MR) is 41.5 cm³/mol. The highest BCUT2D eigenvalue weighted by molar-refractivity contribution is 4.65. The lowest BCUT2D eigenvalue weighted by Gasteiger charge is -2.01. The summed E-state index contributed by atoms with van der Waals surface area (Å²) in [5.41, 5.74) is 0. The van der Waals surface area contributed by atoms with E-state index in [0.29, 0.717) is 0 Å². The van der Waals surface area contributed by atoms with Crippen LogP contribution in [0.15, 0.2) is 0 Å². The molecule has 10 heavy (non-hydrogen) atoms. The van der Waals surface area contributed by atoms with Crippen molar-refractivity contribution in [2.24, 2.45) is 0 Å². The average molecular weight is 145 g/mol. The maximum Gasteiger partial charge on any atom is 0.0512 e. The smallest absolute Gasteiger partial charge is 0.0512 e. The van der Waals surface area contributed by atoms with Crippen molar-refractivity contribution in [1.29, 1.82) is 0 Å². The van der Waals surface area contributed by atoms with Gasteiger partial charge in [0.25, 0.3) is 0 Å². The topological polar surface area (TPSA) is 40.5 Å². The fourth-order valence-electron chi connectivity index (χ4n) is 0.739. The van der Waals surface area contributed by atoms with Gasteiger partial charge in [0.05, 0.1) is 6.10 Å². The molecule has 1 radical (unpaired) electrons. The Morgan fingerprint density at radius 2 is 2.10 bits per heavy atom. The van der Waals surface area contributed by atoms with Gasteiger partial charge in [-0.15, -0.1) is 0 Å². The average Bonchev–Trinajstić information content (AvgIpc) is 1.87. The van der Waals surface area contributed by atoms with E-state index in [1.807, 2.05) is 0 Å². The molecule has 1 unspecified atom stereocenters. The normalized spacial score (nSPS) is 13.5. The molecule has 0 amide bonds. The molecule has 0 aromatic carbocycles. The minimum atomic E-state index is -0.189. The van der Waals surface area contributed by atoms with Gasteiger partial charge in [-0.2, -0.15) is 0 Å². The summed E-state index contributed by atoms with van der Waals surface area (Å²) < 4.78 is 0. The summed E-state index contributed by atoms with van der Waals surface area (Å²) in [6, 6.07) is 0. The van der Waals surface area contributed by atoms with E-state index in [1.165, 1.54) is 0 Å². The summed E-state index contributed by atoms with van der Waals surface area (Å²) in [5.74, 6) is 0. The molecule has 2 N–H and O–H groups in total. The summed E-state index contributed by atoms with van der Waals surface area (Å²) >= 11 is 0. The number of aliphatic hydroxyl groups is 2. The van der Waals surface area contributed by atoms with Gasteiger partial charge in [0.15, 0.2) is 0 Å². The summed E-state index contributed by atoms with van der Waals surface area (Å²) in [6.07, 6.45) is 5.53. The first-order valence-corrected chi connectivity index (χ1v) is 3.88. The number of rotatable bonds is 6. The number of hydrogen-bond donors (Lipinski definition) is 2. The summed E-state index contributed by atoms with van der Waals surface area (Å²) in [4.78, 5) is 0. The maximum absolute atomic E-state index is 8.84. The summed E-state index contributed by atoms with van der Waals surface area (Å²) in [5, 5.41) is 17.2. The highest BCUT2D eigenvalue weighted by Gasteiger charge is 1.94. The van der Waals surface area contributed by atoms with Crippen LogP contribution < -0.4 is 0 Å². The van der Waals surface area contributed by atoms with Crippen LogP contribution in [-0.4, -0.2) is 22.9 Å². The molecule has 0 bridgehead atoms. The molecule has 0 fully saturated rings. The molecule has 0 aliphatic heterocycles. The van der Waals surface area contributed by atoms with Gasteiger partial charge in [-0.25, -0.2) is 0 Å². The Hall–Kier alpha value is -0.0800. The van der Waals surface area contributed by atoms with Crippen molar-refractivity contribution in [2.45, 2.75) is 38.7 Å². The monoisotopic (exact) mass is 145 g/mol. The first-order chi connectivity index (χ1) is 4.77. The van der Waals surface area contributed by atoms with Gasteiger partial charge in [0.1, 0.15) is 0 Å². The van der Waals surface area contributed by atoms with E-state index in [2.05, 4.69) is 6.42 Å². The quantitative estimate of drug-likeness (QED) is 0.550. The van der Waals surface area contributed by atoms with Crippen molar-refractivity contribution < 1.29 is 10.2 Å². The van der Waals surface area contributed by atoms with Gasteiger partial charge in [-0.1, -0.05) is 0 Å². The molecule has 0 spiro atoms. The van der Waals surface area contributed by atoms with E-state index in [1.54, 1.807) is 6.92 Å². The highest BCUT2D eigenvalue weighted by atomic mass is 16.3. The summed E-state index contributed by atoms with van der Waals surface area (Å²) in [6.45, 7) is 2.06. The van der Waals surface area contributed by atoms with Gasteiger partial charge in [-0.05, 0) is 39.0 Å². The maximum atomic E-state index is 8.84. The van der Waals surface area contributed by atoms with Crippen molar-refractivity contribution in [1.82, 2.24) is 0 Å². The van der Waals surface area contributed by atoms with Crippen LogP contribution in [0, 0.1) is 6.42 Å². The highest BCUT2D eigenvalue weighted by Crippen LogP contribution is 2.03. The van der Waals surface area contributed by atoms with Crippen LogP contribution in [0.2, 0.25) is 0 Å². The zero-order valence-electron chi connectivity index (χ0n) is 6.58. The lowest BCUT2D eigenvalue weighted by molar-refractivity contribution is 0.184. The SMILES string of the molecule is CC(O)CC[CH]CCCO. The Bertz CT molecular complexity index is 62.3. The zero-order chi connectivity index (χ0) is 7.82. The molecule has 0 rings (SSSR count). The minimum absolute atomic E-state index is 0.189. The van der Waals surface area contributed by atoms with Gasteiger partial charge < -0.3 is 10.2 Å². The van der Waals surface area contributed by atoms with Crippen molar-refractivity contribution in [3.05, 3.63) is 6.42 Å². The van der Waals surface area contributed by atoms with Crippen LogP contribution in [0.4, 0.5) is 0 Å². The Balaban J connectivity index is 2.77. The van der Waals surface area contributed by atoms with E-state index in [-0.39, 0.29) is 12.7 Å². The minimum Gasteiger partial charge on any atom is -0.396 e. The van der Waals surface area contributed by atoms with Crippen LogP contribution in [0.1, 0.15) is 32.6 Å². The fraction of sp³-hybridized carbons (Fsp3) is 0.875. The van der Waals surface area contributed by atoms with Crippen molar-refractivity contribution in [3.8, 4) is 0 Å². The molecule has 0 saturated heterocycles. The van der Waals surface area contributed by atoms with Crippen LogP contribution in [0.3, 0.4) is 0 Å². The Morgan fingerprint density at radius 3 is 2.60 bits per heavy atom. The van der Waals surface area contributed by atoms with Crippen molar-refractivity contribution in [2.75, 3.05) is 6.61 Å². The van der Waals surface area contributed by atoms with Crippen LogP contribution >= 0.6 is 0 Å². The van der Waals surface area contributed by atoms with Crippen LogP contribution in [-0.2, 0) is 0 Å². The third kappa shape index (κ3) is 7.92. The van der Waals surface area contributed by atoms with Crippen molar-refractivity contribution >= 4 is 0 Å². The Kier molecular flexibility index (Phi) is 6.98. The van der Waals surface area contributed by atoms with Crippen LogP contribution in [0.25, 0.3) is 0 Å². The molecule has 0 aliphatic carbocycles. The molecule has 1 atom stereocenters. The predicted octanol–water partition coefficient (Wildman–Crippen LogP) is 1.12. The number of hydrogen-bond acceptors (Lipinski definition) is 2. The molecule has 0 aliphatic rings. The van der Waals surface area contributed by atoms with Crippen molar-refractivity contribution in [3.63, 3.8) is 0 Å². The van der Waals surface area contributed by atoms with E-state index in [9.17, 15) is 0 Å². The molecule has 2 nitrogen and oxygen atoms in total. The number of aliphatic hydroxyl groups excluding tert-OH is 2. The molecular formula is C8H17O2. The van der Waals surface area contributed by atoms with E-state index in [4.69, 9.17) is 10.2 Å². The van der Waals surface area contributed by atoms with E-state index >= 15 is 0 Å². The van der Waals surface area contributed by atoms with E-state index in [0.717, 1.165) is 25.7 Å². The third-order valence-corrected chi connectivity index (χ3v) is 1.35. The van der Waals surface area contributed by atoms with Gasteiger partial charge in [0.2, 0.25) is 0 Å². The third-order valence-electron chi connectivity index (χ3n) is 1.35. The second-order valence-electron chi connectivity index (χ2n) is 2.58. The molecule has 61 valence electrons. The molecule has 0 aromatic heterocycles. The lowest BCUT2D eigenvalue weighted by atomic mass is 10.1. The van der Waals surface area contributed by atoms with Gasteiger partial charge in [0, 0.05) is 6.61 Å². The molecule has 0 saturated carbocycles. The second kappa shape index (κ2) is 7.03. The largest absolute Gasteiger partial charge is 0.396 e. The molecule has 0 aromatic rings. The molecule has 0 heterocycles. The lowest BCUT2D eigenvalue weighted by Crippen LogP contribution is -1.98. The molecule has 2 heteroatoms. The van der Waals surface area contributed by atoms with E-state index < -0.39 is 0 Å². The Morgan fingerprint density at radius 1 is 1.40 bits per heavy atom. The van der Waals surface area contributed by atoms with Gasteiger partial charge in [-0.3, -0.25) is 0 Å².